The molecule has 1 aliphatic heterocycles. The number of amides is 2. The molecule has 0 aliphatic carbocycles. The zero-order valence-electron chi connectivity index (χ0n) is 14.6. The van der Waals surface area contributed by atoms with Gasteiger partial charge in [0.1, 0.15) is 11.5 Å². The Morgan fingerprint density at radius 1 is 1.00 bits per heavy atom. The second kappa shape index (κ2) is 7.09. The highest BCUT2D eigenvalue weighted by atomic mass is 19.1. The number of nitrogens with zero attached hydrogens (tertiary/aromatic N) is 2. The third kappa shape index (κ3) is 3.11. The molecule has 0 saturated heterocycles. The Morgan fingerprint density at radius 2 is 1.62 bits per heavy atom. The standard InChI is InChI=1S/C20H19FN2O3/c1-13-3-9-16(10-4-13)23-19(25)17(14-5-7-15(21)8-6-14)18(20(23)26)22(2)11-12-24/h3-10,24H,11-12H2,1-2H3. The van der Waals surface area contributed by atoms with Crippen molar-refractivity contribution in [2.45, 2.75) is 6.92 Å². The van der Waals surface area contributed by atoms with Crippen LogP contribution in [0.1, 0.15) is 11.1 Å². The molecule has 2 aromatic carbocycles. The summed E-state index contributed by atoms with van der Waals surface area (Å²) in [6.45, 7) is 1.95. The van der Waals surface area contributed by atoms with Gasteiger partial charge in [0, 0.05) is 13.6 Å². The Bertz CT molecular complexity index is 873. The smallest absolute Gasteiger partial charge is 0.282 e. The van der Waals surface area contributed by atoms with Gasteiger partial charge in [-0.15, -0.1) is 0 Å². The molecule has 2 amide bonds. The maximum Gasteiger partial charge on any atom is 0.282 e. The average molecular weight is 354 g/mol. The number of aryl methyl sites for hydroxylation is 1. The minimum Gasteiger partial charge on any atom is -0.395 e. The molecule has 26 heavy (non-hydrogen) atoms. The minimum atomic E-state index is -0.467. The Balaban J connectivity index is 2.11. The maximum absolute atomic E-state index is 13.3. The molecule has 0 saturated carbocycles. The predicted octanol–water partition coefficient (Wildman–Crippen LogP) is 2.34. The van der Waals surface area contributed by atoms with E-state index in [-0.39, 0.29) is 24.4 Å². The molecule has 0 spiro atoms. The molecule has 2 aromatic rings. The summed E-state index contributed by atoms with van der Waals surface area (Å²) in [6.07, 6.45) is 0. The average Bonchev–Trinajstić information content (AvgIpc) is 2.88. The van der Waals surface area contributed by atoms with E-state index in [0.717, 1.165) is 10.5 Å². The van der Waals surface area contributed by atoms with Crippen LogP contribution in [0.25, 0.3) is 5.57 Å². The van der Waals surface area contributed by atoms with Crippen molar-refractivity contribution in [3.63, 3.8) is 0 Å². The number of carbonyl (C=O) groups excluding carboxylic acids is 2. The van der Waals surface area contributed by atoms with Crippen molar-refractivity contribution in [1.82, 2.24) is 4.90 Å². The fraction of sp³-hybridized carbons (Fsp3) is 0.200. The van der Waals surface area contributed by atoms with E-state index in [4.69, 9.17) is 0 Å². The normalized spacial score (nSPS) is 14.4. The number of anilines is 1. The van der Waals surface area contributed by atoms with Crippen molar-refractivity contribution in [2.75, 3.05) is 25.1 Å². The number of hydrogen-bond acceptors (Lipinski definition) is 4. The molecule has 5 nitrogen and oxygen atoms in total. The van der Waals surface area contributed by atoms with Gasteiger partial charge < -0.3 is 10.0 Å². The summed E-state index contributed by atoms with van der Waals surface area (Å²) in [5.41, 5.74) is 2.33. The van der Waals surface area contributed by atoms with Crippen LogP contribution in [0.4, 0.5) is 10.1 Å². The first-order chi connectivity index (χ1) is 12.4. The first-order valence-electron chi connectivity index (χ1n) is 8.21. The summed E-state index contributed by atoms with van der Waals surface area (Å²) < 4.78 is 13.3. The minimum absolute atomic E-state index is 0.164. The number of hydrogen-bond donors (Lipinski definition) is 1. The fourth-order valence-corrected chi connectivity index (χ4v) is 2.94. The number of imide groups is 1. The van der Waals surface area contributed by atoms with E-state index in [2.05, 4.69) is 0 Å². The Hall–Kier alpha value is -2.99. The van der Waals surface area contributed by atoms with Crippen LogP contribution >= 0.6 is 0 Å². The van der Waals surface area contributed by atoms with Crippen LogP contribution in [0.5, 0.6) is 0 Å². The molecule has 0 unspecified atom stereocenters. The molecule has 1 N–H and O–H groups in total. The van der Waals surface area contributed by atoms with Gasteiger partial charge in [-0.3, -0.25) is 9.59 Å². The zero-order chi connectivity index (χ0) is 18.8. The summed E-state index contributed by atoms with van der Waals surface area (Å²) in [5.74, 6) is -1.36. The Labute approximate surface area is 151 Å². The molecule has 1 heterocycles. The fourth-order valence-electron chi connectivity index (χ4n) is 2.94. The summed E-state index contributed by atoms with van der Waals surface area (Å²) >= 11 is 0. The lowest BCUT2D eigenvalue weighted by Gasteiger charge is -2.20. The molecular formula is C20H19FN2O3. The molecule has 3 rings (SSSR count). The largest absolute Gasteiger partial charge is 0.395 e. The predicted molar refractivity (Wildman–Crippen MR) is 96.7 cm³/mol. The van der Waals surface area contributed by atoms with E-state index in [1.54, 1.807) is 24.1 Å². The highest BCUT2D eigenvalue weighted by Gasteiger charge is 2.41. The topological polar surface area (TPSA) is 60.9 Å². The molecule has 1 aliphatic rings. The lowest BCUT2D eigenvalue weighted by molar-refractivity contribution is -0.120. The second-order valence-corrected chi connectivity index (χ2v) is 6.16. The molecule has 134 valence electrons. The van der Waals surface area contributed by atoms with Crippen LogP contribution in [-0.2, 0) is 9.59 Å². The van der Waals surface area contributed by atoms with E-state index in [1.807, 2.05) is 19.1 Å². The maximum atomic E-state index is 13.3. The van der Waals surface area contributed by atoms with Crippen LogP contribution in [0, 0.1) is 12.7 Å². The van der Waals surface area contributed by atoms with Crippen LogP contribution < -0.4 is 4.90 Å². The Kier molecular flexibility index (Phi) is 4.86. The second-order valence-electron chi connectivity index (χ2n) is 6.16. The Morgan fingerprint density at radius 3 is 2.19 bits per heavy atom. The van der Waals surface area contributed by atoms with Gasteiger partial charge in [0.15, 0.2) is 0 Å². The number of aliphatic hydroxyl groups excluding tert-OH is 1. The molecule has 0 fully saturated rings. The number of likely N-dealkylation sites (N-methyl/N-ethyl adjacent to an activating group) is 1. The van der Waals surface area contributed by atoms with E-state index in [0.29, 0.717) is 11.3 Å². The van der Waals surface area contributed by atoms with Crippen molar-refractivity contribution in [1.29, 1.82) is 0 Å². The molecule has 0 radical (unpaired) electrons. The molecular weight excluding hydrogens is 335 g/mol. The van der Waals surface area contributed by atoms with Crippen molar-refractivity contribution in [3.05, 3.63) is 71.2 Å². The number of halogens is 1. The van der Waals surface area contributed by atoms with Crippen molar-refractivity contribution >= 4 is 23.1 Å². The summed E-state index contributed by atoms with van der Waals surface area (Å²) in [7, 11) is 1.64. The SMILES string of the molecule is Cc1ccc(N2C(=O)C(c3ccc(F)cc3)=C(N(C)CCO)C2=O)cc1. The van der Waals surface area contributed by atoms with Crippen molar-refractivity contribution in [3.8, 4) is 0 Å². The number of aliphatic hydroxyl groups is 1. The molecule has 0 atom stereocenters. The summed E-state index contributed by atoms with van der Waals surface area (Å²) in [5, 5.41) is 9.23. The van der Waals surface area contributed by atoms with Crippen LogP contribution in [0.2, 0.25) is 0 Å². The summed E-state index contributed by atoms with van der Waals surface area (Å²) in [4.78, 5) is 28.7. The molecule has 0 bridgehead atoms. The lowest BCUT2D eigenvalue weighted by Crippen LogP contribution is -2.34. The van der Waals surface area contributed by atoms with Gasteiger partial charge in [-0.2, -0.15) is 0 Å². The van der Waals surface area contributed by atoms with E-state index >= 15 is 0 Å². The van der Waals surface area contributed by atoms with Crippen LogP contribution in [0.3, 0.4) is 0 Å². The zero-order valence-corrected chi connectivity index (χ0v) is 14.6. The third-order valence-electron chi connectivity index (χ3n) is 4.30. The number of rotatable bonds is 5. The van der Waals surface area contributed by atoms with Crippen molar-refractivity contribution < 1.29 is 19.1 Å². The van der Waals surface area contributed by atoms with Gasteiger partial charge in [-0.1, -0.05) is 29.8 Å². The van der Waals surface area contributed by atoms with Gasteiger partial charge in [-0.05, 0) is 36.8 Å². The van der Waals surface area contributed by atoms with Crippen molar-refractivity contribution in [2.24, 2.45) is 0 Å². The van der Waals surface area contributed by atoms with Crippen LogP contribution in [-0.4, -0.2) is 42.0 Å². The van der Waals surface area contributed by atoms with Crippen LogP contribution in [0.15, 0.2) is 54.2 Å². The highest BCUT2D eigenvalue weighted by Crippen LogP contribution is 2.34. The summed E-state index contributed by atoms with van der Waals surface area (Å²) in [6, 6.07) is 12.5. The number of benzene rings is 2. The first kappa shape index (κ1) is 17.8. The van der Waals surface area contributed by atoms with Gasteiger partial charge >= 0.3 is 0 Å². The third-order valence-corrected chi connectivity index (χ3v) is 4.30. The van der Waals surface area contributed by atoms with Gasteiger partial charge in [0.2, 0.25) is 0 Å². The van der Waals surface area contributed by atoms with Gasteiger partial charge in [0.05, 0.1) is 17.9 Å². The van der Waals surface area contributed by atoms with Gasteiger partial charge in [-0.25, -0.2) is 9.29 Å². The van der Waals surface area contributed by atoms with E-state index in [1.165, 1.54) is 24.3 Å². The first-order valence-corrected chi connectivity index (χ1v) is 8.21. The van der Waals surface area contributed by atoms with E-state index in [9.17, 15) is 19.1 Å². The monoisotopic (exact) mass is 354 g/mol. The lowest BCUT2D eigenvalue weighted by atomic mass is 10.0. The van der Waals surface area contributed by atoms with E-state index < -0.39 is 17.6 Å². The highest BCUT2D eigenvalue weighted by molar-refractivity contribution is 6.45. The quantitative estimate of drug-likeness (QED) is 0.838. The molecule has 6 heteroatoms. The van der Waals surface area contributed by atoms with Gasteiger partial charge in [0.25, 0.3) is 11.8 Å². The number of carbonyl (C=O) groups is 2. The molecule has 0 aromatic heterocycles.